The summed E-state index contributed by atoms with van der Waals surface area (Å²) in [5, 5.41) is 3.22. The summed E-state index contributed by atoms with van der Waals surface area (Å²) in [6, 6.07) is 12.7. The van der Waals surface area contributed by atoms with Gasteiger partial charge in [-0.25, -0.2) is 8.42 Å². The average molecular weight is 458 g/mol. The highest BCUT2D eigenvalue weighted by Crippen LogP contribution is 2.26. The van der Waals surface area contributed by atoms with Crippen LogP contribution in [0.2, 0.25) is 5.02 Å². The molecule has 0 aliphatic carbocycles. The number of hydrogen-bond donors (Lipinski definition) is 1. The highest BCUT2D eigenvalue weighted by atomic mass is 79.9. The molecular weight excluding hydrogens is 440 g/mol. The second-order valence-corrected chi connectivity index (χ2v) is 9.32. The van der Waals surface area contributed by atoms with E-state index in [-0.39, 0.29) is 17.3 Å². The van der Waals surface area contributed by atoms with Crippen LogP contribution in [0, 0.1) is 0 Å². The van der Waals surface area contributed by atoms with Crippen LogP contribution in [0.25, 0.3) is 0 Å². The zero-order valence-electron chi connectivity index (χ0n) is 13.9. The van der Waals surface area contributed by atoms with Crippen molar-refractivity contribution in [3.05, 3.63) is 63.6 Å². The molecule has 2 aromatic carbocycles. The number of nitrogens with zero attached hydrogens (tertiary/aromatic N) is 1. The Labute approximate surface area is 166 Å². The number of piperidine rings is 1. The molecule has 0 unspecified atom stereocenters. The molecule has 1 aliphatic rings. The minimum absolute atomic E-state index is 0.121. The molecule has 8 heteroatoms. The SMILES string of the molecule is O=C1NCCC[C@H]1N(Cc1ccc(Br)cc1)S(=O)(=O)c1ccc(Cl)cc1. The second-order valence-electron chi connectivity index (χ2n) is 6.08. The topological polar surface area (TPSA) is 66.5 Å². The molecule has 1 amide bonds. The maximum Gasteiger partial charge on any atom is 0.244 e. The van der Waals surface area contributed by atoms with E-state index in [2.05, 4.69) is 21.2 Å². The molecule has 1 N–H and O–H groups in total. The highest BCUT2D eigenvalue weighted by molar-refractivity contribution is 9.10. The number of rotatable bonds is 5. The first-order chi connectivity index (χ1) is 12.4. The Balaban J connectivity index is 1.99. The van der Waals surface area contributed by atoms with Crippen molar-refractivity contribution in [2.24, 2.45) is 0 Å². The number of amides is 1. The molecule has 1 fully saturated rings. The summed E-state index contributed by atoms with van der Waals surface area (Å²) in [6.07, 6.45) is 1.23. The minimum atomic E-state index is -3.86. The van der Waals surface area contributed by atoms with Crippen LogP contribution >= 0.6 is 27.5 Å². The minimum Gasteiger partial charge on any atom is -0.355 e. The summed E-state index contributed by atoms with van der Waals surface area (Å²) in [4.78, 5) is 12.5. The van der Waals surface area contributed by atoms with Gasteiger partial charge in [-0.1, -0.05) is 39.7 Å². The molecule has 1 atom stereocenters. The normalized spacial score (nSPS) is 18.0. The molecule has 1 heterocycles. The van der Waals surface area contributed by atoms with Crippen molar-refractivity contribution < 1.29 is 13.2 Å². The van der Waals surface area contributed by atoms with Crippen LogP contribution < -0.4 is 5.32 Å². The van der Waals surface area contributed by atoms with Crippen molar-refractivity contribution in [2.45, 2.75) is 30.3 Å². The molecule has 0 saturated carbocycles. The van der Waals surface area contributed by atoms with Gasteiger partial charge in [0.05, 0.1) is 4.90 Å². The Morgan fingerprint density at radius 1 is 1.12 bits per heavy atom. The lowest BCUT2D eigenvalue weighted by Gasteiger charge is -2.32. The van der Waals surface area contributed by atoms with Crippen molar-refractivity contribution in [3.63, 3.8) is 0 Å². The zero-order chi connectivity index (χ0) is 18.7. The fourth-order valence-corrected chi connectivity index (χ4v) is 4.90. The maximum atomic E-state index is 13.3. The molecule has 1 aliphatic heterocycles. The van der Waals surface area contributed by atoms with E-state index >= 15 is 0 Å². The Hall–Kier alpha value is -1.41. The largest absolute Gasteiger partial charge is 0.355 e. The molecule has 26 heavy (non-hydrogen) atoms. The van der Waals surface area contributed by atoms with Crippen LogP contribution in [0.3, 0.4) is 0 Å². The van der Waals surface area contributed by atoms with Gasteiger partial charge in [0.15, 0.2) is 0 Å². The first-order valence-electron chi connectivity index (χ1n) is 8.17. The van der Waals surface area contributed by atoms with E-state index in [1.165, 1.54) is 28.6 Å². The predicted molar refractivity (Wildman–Crippen MR) is 104 cm³/mol. The number of sulfonamides is 1. The monoisotopic (exact) mass is 456 g/mol. The number of nitrogens with one attached hydrogen (secondary N) is 1. The number of benzene rings is 2. The van der Waals surface area contributed by atoms with Crippen molar-refractivity contribution >= 4 is 43.5 Å². The fourth-order valence-electron chi connectivity index (χ4n) is 2.91. The van der Waals surface area contributed by atoms with E-state index < -0.39 is 16.1 Å². The van der Waals surface area contributed by atoms with E-state index in [1.807, 2.05) is 24.3 Å². The zero-order valence-corrected chi connectivity index (χ0v) is 17.0. The lowest BCUT2D eigenvalue weighted by Crippen LogP contribution is -2.52. The average Bonchev–Trinajstić information content (AvgIpc) is 2.62. The number of carbonyl (C=O) groups excluding carboxylic acids is 1. The summed E-state index contributed by atoms with van der Waals surface area (Å²) >= 11 is 9.25. The Morgan fingerprint density at radius 3 is 2.38 bits per heavy atom. The van der Waals surface area contributed by atoms with Crippen LogP contribution in [-0.4, -0.2) is 31.2 Å². The van der Waals surface area contributed by atoms with Gasteiger partial charge >= 0.3 is 0 Å². The first-order valence-corrected chi connectivity index (χ1v) is 10.8. The van der Waals surface area contributed by atoms with Gasteiger partial charge in [-0.15, -0.1) is 0 Å². The van der Waals surface area contributed by atoms with Gasteiger partial charge in [0.25, 0.3) is 0 Å². The molecule has 138 valence electrons. The van der Waals surface area contributed by atoms with Crippen molar-refractivity contribution in [2.75, 3.05) is 6.54 Å². The van der Waals surface area contributed by atoms with Gasteiger partial charge in [-0.2, -0.15) is 4.31 Å². The molecule has 3 rings (SSSR count). The van der Waals surface area contributed by atoms with Gasteiger partial charge in [0.2, 0.25) is 15.9 Å². The van der Waals surface area contributed by atoms with Gasteiger partial charge in [0.1, 0.15) is 6.04 Å². The fraction of sp³-hybridized carbons (Fsp3) is 0.278. The van der Waals surface area contributed by atoms with Gasteiger partial charge in [-0.3, -0.25) is 4.79 Å². The number of hydrogen-bond acceptors (Lipinski definition) is 3. The third-order valence-electron chi connectivity index (χ3n) is 4.28. The smallest absolute Gasteiger partial charge is 0.244 e. The van der Waals surface area contributed by atoms with Gasteiger partial charge in [0, 0.05) is 22.6 Å². The molecule has 2 aromatic rings. The van der Waals surface area contributed by atoms with Crippen molar-refractivity contribution in [1.82, 2.24) is 9.62 Å². The van der Waals surface area contributed by atoms with E-state index in [4.69, 9.17) is 11.6 Å². The van der Waals surface area contributed by atoms with E-state index in [0.29, 0.717) is 18.0 Å². The number of carbonyl (C=O) groups is 1. The summed E-state index contributed by atoms with van der Waals surface area (Å²) in [5.41, 5.74) is 0.809. The quantitative estimate of drug-likeness (QED) is 0.746. The van der Waals surface area contributed by atoms with Crippen LogP contribution in [0.15, 0.2) is 57.9 Å². The molecule has 0 bridgehead atoms. The van der Waals surface area contributed by atoms with Crippen LogP contribution in [0.4, 0.5) is 0 Å². The summed E-state index contributed by atoms with van der Waals surface area (Å²) in [7, 11) is -3.86. The van der Waals surface area contributed by atoms with E-state index in [1.54, 1.807) is 0 Å². The Kier molecular flexibility index (Phi) is 6.02. The lowest BCUT2D eigenvalue weighted by molar-refractivity contribution is -0.126. The van der Waals surface area contributed by atoms with Crippen LogP contribution in [-0.2, 0) is 21.4 Å². The predicted octanol–water partition coefficient (Wildman–Crippen LogP) is 3.57. The molecule has 0 aromatic heterocycles. The van der Waals surface area contributed by atoms with Gasteiger partial charge < -0.3 is 5.32 Å². The van der Waals surface area contributed by atoms with Crippen LogP contribution in [0.1, 0.15) is 18.4 Å². The highest BCUT2D eigenvalue weighted by Gasteiger charge is 2.37. The Bertz CT molecular complexity index is 886. The third-order valence-corrected chi connectivity index (χ3v) is 6.93. The number of halogens is 2. The summed E-state index contributed by atoms with van der Waals surface area (Å²) in [6.45, 7) is 0.693. The van der Waals surface area contributed by atoms with Crippen molar-refractivity contribution in [3.8, 4) is 0 Å². The van der Waals surface area contributed by atoms with Gasteiger partial charge in [-0.05, 0) is 54.8 Å². The first kappa shape index (κ1) is 19.4. The molecular formula is C18H18BrClN2O3S. The Morgan fingerprint density at radius 2 is 1.77 bits per heavy atom. The molecule has 0 spiro atoms. The standard InChI is InChI=1S/C18H18BrClN2O3S/c19-14-5-3-13(4-6-14)12-22(17-2-1-11-21-18(17)23)26(24,25)16-9-7-15(20)8-10-16/h3-10,17H,1-2,11-12H2,(H,21,23)/t17-/m1/s1. The lowest BCUT2D eigenvalue weighted by atomic mass is 10.1. The molecule has 5 nitrogen and oxygen atoms in total. The summed E-state index contributed by atoms with van der Waals surface area (Å²) < 4.78 is 28.7. The third kappa shape index (κ3) is 4.28. The van der Waals surface area contributed by atoms with Crippen molar-refractivity contribution in [1.29, 1.82) is 0 Å². The summed E-state index contributed by atoms with van der Waals surface area (Å²) in [5.74, 6) is -0.258. The molecule has 1 saturated heterocycles. The molecule has 0 radical (unpaired) electrons. The van der Waals surface area contributed by atoms with Crippen LogP contribution in [0.5, 0.6) is 0 Å². The second kappa shape index (κ2) is 8.08. The van der Waals surface area contributed by atoms with E-state index in [9.17, 15) is 13.2 Å². The van der Waals surface area contributed by atoms with E-state index in [0.717, 1.165) is 16.5 Å². The maximum absolute atomic E-state index is 13.3.